The molecule has 0 bridgehead atoms. The average Bonchev–Trinajstić information content (AvgIpc) is 3.13. The molecule has 0 saturated carbocycles. The molecule has 0 aromatic heterocycles. The van der Waals surface area contributed by atoms with Crippen LogP contribution in [0.2, 0.25) is 0 Å². The zero-order valence-corrected chi connectivity index (χ0v) is 27.7. The van der Waals surface area contributed by atoms with Crippen LogP contribution in [0.1, 0.15) is 46.5 Å². The van der Waals surface area contributed by atoms with E-state index in [9.17, 15) is 18.8 Å². The molecule has 0 aliphatic heterocycles. The third kappa shape index (κ3) is 10.4. The Hall–Kier alpha value is -5.67. The Bertz CT molecular complexity index is 1870. The smallest absolute Gasteiger partial charge is 0.272 e. The Morgan fingerprint density at radius 3 is 2.02 bits per heavy atom. The number of unbranched alkanes of at least 4 members (excludes halogenated alkanes) is 1. The van der Waals surface area contributed by atoms with Crippen molar-refractivity contribution in [3.63, 3.8) is 0 Å². The van der Waals surface area contributed by atoms with Crippen LogP contribution in [0.3, 0.4) is 0 Å². The van der Waals surface area contributed by atoms with Crippen LogP contribution in [-0.2, 0) is 9.59 Å². The number of hydrogen-bond acceptors (Lipinski definition) is 5. The average molecular weight is 674 g/mol. The summed E-state index contributed by atoms with van der Waals surface area (Å²) < 4.78 is 19.2. The van der Waals surface area contributed by atoms with Crippen LogP contribution in [0.25, 0.3) is 6.08 Å². The summed E-state index contributed by atoms with van der Waals surface area (Å²) in [6, 6.07) is 38.1. The second-order valence-electron chi connectivity index (χ2n) is 11.0. The lowest BCUT2D eigenvalue weighted by Gasteiger charge is -2.18. The molecule has 5 rings (SSSR count). The Morgan fingerprint density at radius 2 is 1.37 bits per heavy atom. The molecule has 5 aromatic rings. The lowest BCUT2D eigenvalue weighted by atomic mass is 10.1. The number of benzene rings is 5. The quantitative estimate of drug-likeness (QED) is 0.0622. The lowest BCUT2D eigenvalue weighted by Crippen LogP contribution is -2.30. The monoisotopic (exact) mass is 673 g/mol. The minimum absolute atomic E-state index is 0.0136. The molecule has 0 heterocycles. The van der Waals surface area contributed by atoms with Crippen LogP contribution in [0.4, 0.5) is 15.8 Å². The molecule has 0 spiro atoms. The molecule has 49 heavy (non-hydrogen) atoms. The van der Waals surface area contributed by atoms with Crippen molar-refractivity contribution in [2.45, 2.75) is 29.9 Å². The summed E-state index contributed by atoms with van der Waals surface area (Å²) >= 11 is 1.38. The van der Waals surface area contributed by atoms with Gasteiger partial charge in [0.2, 0.25) is 5.91 Å². The van der Waals surface area contributed by atoms with Crippen molar-refractivity contribution in [3.8, 4) is 5.75 Å². The highest BCUT2D eigenvalue weighted by Crippen LogP contribution is 2.37. The normalized spacial score (nSPS) is 11.7. The Morgan fingerprint density at radius 1 is 0.755 bits per heavy atom. The topological polar surface area (TPSA) is 96.5 Å². The van der Waals surface area contributed by atoms with Crippen LogP contribution in [0, 0.1) is 5.82 Å². The van der Waals surface area contributed by atoms with Gasteiger partial charge in [-0.3, -0.25) is 14.4 Å². The van der Waals surface area contributed by atoms with Crippen LogP contribution >= 0.6 is 11.8 Å². The molecule has 3 amide bonds. The fourth-order valence-electron chi connectivity index (χ4n) is 4.70. The predicted octanol–water partition coefficient (Wildman–Crippen LogP) is 8.89. The van der Waals surface area contributed by atoms with E-state index in [0.717, 1.165) is 29.1 Å². The number of carbonyl (C=O) groups excluding carboxylic acids is 3. The minimum Gasteiger partial charge on any atom is -0.494 e. The molecule has 1 unspecified atom stereocenters. The fourth-order valence-corrected chi connectivity index (χ4v) is 5.72. The second kappa shape index (κ2) is 17.5. The number of rotatable bonds is 14. The second-order valence-corrected chi connectivity index (χ2v) is 12.2. The van der Waals surface area contributed by atoms with Gasteiger partial charge in [0.15, 0.2) is 0 Å². The van der Waals surface area contributed by atoms with Crippen molar-refractivity contribution in [1.82, 2.24) is 5.32 Å². The number of thioether (sulfide) groups is 1. The van der Waals surface area contributed by atoms with Gasteiger partial charge in [-0.1, -0.05) is 74.0 Å². The van der Waals surface area contributed by atoms with Gasteiger partial charge >= 0.3 is 0 Å². The highest BCUT2D eigenvalue weighted by atomic mass is 32.2. The van der Waals surface area contributed by atoms with Crippen LogP contribution in [0.5, 0.6) is 5.75 Å². The summed E-state index contributed by atoms with van der Waals surface area (Å²) in [5.74, 6) is -0.861. The minimum atomic E-state index is -0.558. The predicted molar refractivity (Wildman–Crippen MR) is 194 cm³/mol. The van der Waals surface area contributed by atoms with E-state index in [1.54, 1.807) is 42.5 Å². The molecular formula is C40H36FN3O4S. The van der Waals surface area contributed by atoms with Crippen molar-refractivity contribution in [2.75, 3.05) is 17.2 Å². The number of hydrogen-bond donors (Lipinski definition) is 3. The maximum absolute atomic E-state index is 13.6. The SMILES string of the molecule is CCCCOc1ccc(NC(=O)C(Sc2ccc(NC(=O)/C(=C/c3ccc(F)cc3)NC(=O)c3ccccc3)cc2)c2ccccc2)cc1. The molecule has 9 heteroatoms. The van der Waals surface area contributed by atoms with Crippen molar-refractivity contribution in [3.05, 3.63) is 162 Å². The fraction of sp³-hybridized carbons (Fsp3) is 0.125. The summed E-state index contributed by atoms with van der Waals surface area (Å²) in [5, 5.41) is 7.97. The number of halogens is 1. The summed E-state index contributed by atoms with van der Waals surface area (Å²) in [7, 11) is 0. The molecule has 0 aliphatic rings. The van der Waals surface area contributed by atoms with E-state index in [2.05, 4.69) is 22.9 Å². The number of carbonyl (C=O) groups is 3. The first-order valence-corrected chi connectivity index (χ1v) is 16.8. The molecule has 0 aliphatic carbocycles. The van der Waals surface area contributed by atoms with E-state index in [0.29, 0.717) is 29.1 Å². The first kappa shape index (κ1) is 34.7. The molecule has 5 aromatic carbocycles. The highest BCUT2D eigenvalue weighted by molar-refractivity contribution is 8.00. The first-order chi connectivity index (χ1) is 23.9. The van der Waals surface area contributed by atoms with Gasteiger partial charge in [-0.25, -0.2) is 4.39 Å². The third-order valence-electron chi connectivity index (χ3n) is 7.30. The van der Waals surface area contributed by atoms with Crippen LogP contribution in [-0.4, -0.2) is 24.3 Å². The zero-order chi connectivity index (χ0) is 34.4. The Kier molecular flexibility index (Phi) is 12.4. The summed E-state index contributed by atoms with van der Waals surface area (Å²) in [6.07, 6.45) is 3.51. The van der Waals surface area contributed by atoms with E-state index < -0.39 is 22.9 Å². The first-order valence-electron chi connectivity index (χ1n) is 15.9. The lowest BCUT2D eigenvalue weighted by molar-refractivity contribution is -0.116. The summed E-state index contributed by atoms with van der Waals surface area (Å²) in [5.41, 5.74) is 2.89. The van der Waals surface area contributed by atoms with Crippen LogP contribution < -0.4 is 20.7 Å². The molecule has 0 radical (unpaired) electrons. The third-order valence-corrected chi connectivity index (χ3v) is 8.57. The molecule has 0 fully saturated rings. The van der Waals surface area contributed by atoms with Crippen molar-refractivity contribution in [1.29, 1.82) is 0 Å². The van der Waals surface area contributed by atoms with Crippen molar-refractivity contribution < 1.29 is 23.5 Å². The van der Waals surface area contributed by atoms with Gasteiger partial charge in [0.05, 0.1) is 6.61 Å². The van der Waals surface area contributed by atoms with Gasteiger partial charge in [-0.15, -0.1) is 11.8 Å². The maximum Gasteiger partial charge on any atom is 0.272 e. The van der Waals surface area contributed by atoms with Gasteiger partial charge in [0.1, 0.15) is 22.5 Å². The number of anilines is 2. The summed E-state index contributed by atoms with van der Waals surface area (Å²) in [4.78, 5) is 40.7. The molecule has 1 atom stereocenters. The standard InChI is InChI=1S/C40H36FN3O4S/c1-2-3-26-48-34-22-18-32(19-23-34)43-40(47)37(29-10-6-4-7-11-29)49-35-24-20-33(21-25-35)42-39(46)36(27-28-14-16-31(41)17-15-28)44-38(45)30-12-8-5-9-13-30/h4-25,27,37H,2-3,26H2,1H3,(H,42,46)(H,43,47)(H,44,45)/b36-27-. The van der Waals surface area contributed by atoms with Gasteiger partial charge in [0.25, 0.3) is 11.8 Å². The molecule has 7 nitrogen and oxygen atoms in total. The Balaban J connectivity index is 1.28. The van der Waals surface area contributed by atoms with E-state index in [-0.39, 0.29) is 11.6 Å². The number of ether oxygens (including phenoxy) is 1. The summed E-state index contributed by atoms with van der Waals surface area (Å²) in [6.45, 7) is 2.76. The highest BCUT2D eigenvalue weighted by Gasteiger charge is 2.23. The Labute approximate surface area is 289 Å². The van der Waals surface area contributed by atoms with E-state index >= 15 is 0 Å². The van der Waals surface area contributed by atoms with E-state index in [1.165, 1.54) is 42.1 Å². The zero-order valence-electron chi connectivity index (χ0n) is 26.9. The molecule has 3 N–H and O–H groups in total. The van der Waals surface area contributed by atoms with Crippen molar-refractivity contribution in [2.24, 2.45) is 0 Å². The van der Waals surface area contributed by atoms with E-state index in [1.807, 2.05) is 66.7 Å². The van der Waals surface area contributed by atoms with Crippen LogP contribution in [0.15, 0.2) is 144 Å². The largest absolute Gasteiger partial charge is 0.494 e. The van der Waals surface area contributed by atoms with Gasteiger partial charge < -0.3 is 20.7 Å². The molecule has 248 valence electrons. The van der Waals surface area contributed by atoms with Crippen molar-refractivity contribution >= 4 is 46.9 Å². The molecule has 0 saturated heterocycles. The maximum atomic E-state index is 13.6. The van der Waals surface area contributed by atoms with E-state index in [4.69, 9.17) is 4.74 Å². The number of amides is 3. The van der Waals surface area contributed by atoms with Gasteiger partial charge in [-0.2, -0.15) is 0 Å². The number of nitrogens with one attached hydrogen (secondary N) is 3. The van der Waals surface area contributed by atoms with Gasteiger partial charge in [-0.05, 0) is 96.4 Å². The molecular weight excluding hydrogens is 638 g/mol. The van der Waals surface area contributed by atoms with Gasteiger partial charge in [0, 0.05) is 21.8 Å².